The van der Waals surface area contributed by atoms with Crippen LogP contribution in [0.15, 0.2) is 24.3 Å². The zero-order valence-corrected chi connectivity index (χ0v) is 7.82. The molecule has 0 spiro atoms. The van der Waals surface area contributed by atoms with E-state index in [4.69, 9.17) is 0 Å². The van der Waals surface area contributed by atoms with Crippen molar-refractivity contribution in [3.8, 4) is 0 Å². The van der Waals surface area contributed by atoms with Crippen LogP contribution in [0.4, 0.5) is 0 Å². The maximum absolute atomic E-state index is 9.97. The van der Waals surface area contributed by atoms with Gasteiger partial charge in [0.1, 0.15) is 6.61 Å². The molecule has 0 heterocycles. The average Bonchev–Trinajstić information content (AvgIpc) is 2.16. The highest BCUT2D eigenvalue weighted by atomic mass is 16.5. The maximum Gasteiger partial charge on any atom is 0.293 e. The van der Waals surface area contributed by atoms with Crippen LogP contribution in [0.25, 0.3) is 0 Å². The molecule has 0 aliphatic rings. The Morgan fingerprint density at radius 1 is 1.38 bits per heavy atom. The Balaban J connectivity index is 2.61. The predicted molar refractivity (Wildman–Crippen MR) is 51.3 cm³/mol. The van der Waals surface area contributed by atoms with Gasteiger partial charge in [0.2, 0.25) is 0 Å². The molecule has 0 atom stereocenters. The van der Waals surface area contributed by atoms with E-state index in [-0.39, 0.29) is 0 Å². The van der Waals surface area contributed by atoms with Crippen molar-refractivity contribution in [3.05, 3.63) is 35.4 Å². The molecule has 0 amide bonds. The lowest BCUT2D eigenvalue weighted by Crippen LogP contribution is -1.91. The third-order valence-corrected chi connectivity index (χ3v) is 1.85. The van der Waals surface area contributed by atoms with Crippen molar-refractivity contribution in [1.82, 2.24) is 0 Å². The predicted octanol–water partition coefficient (Wildman–Crippen LogP) is 2.31. The fourth-order valence-corrected chi connectivity index (χ4v) is 1.29. The Morgan fingerprint density at radius 3 is 2.85 bits per heavy atom. The summed E-state index contributed by atoms with van der Waals surface area (Å²) >= 11 is 0. The minimum absolute atomic E-state index is 0.376. The maximum atomic E-state index is 9.97. The molecule has 0 aromatic heterocycles. The van der Waals surface area contributed by atoms with Crippen molar-refractivity contribution in [2.75, 3.05) is 0 Å². The van der Waals surface area contributed by atoms with Crippen LogP contribution >= 0.6 is 0 Å². The molecular weight excluding hydrogens is 164 g/mol. The van der Waals surface area contributed by atoms with E-state index in [2.05, 4.69) is 23.8 Å². The van der Waals surface area contributed by atoms with Crippen LogP contribution in [0.3, 0.4) is 0 Å². The molecule has 13 heavy (non-hydrogen) atoms. The second-order valence-electron chi connectivity index (χ2n) is 2.98. The quantitative estimate of drug-likeness (QED) is 0.647. The van der Waals surface area contributed by atoms with Gasteiger partial charge in [-0.25, -0.2) is 0 Å². The summed E-state index contributed by atoms with van der Waals surface area (Å²) in [5.74, 6) is 0. The topological polar surface area (TPSA) is 26.3 Å². The lowest BCUT2D eigenvalue weighted by molar-refractivity contribution is -0.129. The highest BCUT2D eigenvalue weighted by Crippen LogP contribution is 2.08. The zero-order chi connectivity index (χ0) is 9.52. The Kier molecular flexibility index (Phi) is 4.03. The van der Waals surface area contributed by atoms with Gasteiger partial charge in [-0.15, -0.1) is 0 Å². The van der Waals surface area contributed by atoms with Gasteiger partial charge < -0.3 is 4.74 Å². The lowest BCUT2D eigenvalue weighted by Gasteiger charge is -2.02. The smallest absolute Gasteiger partial charge is 0.293 e. The van der Waals surface area contributed by atoms with E-state index < -0.39 is 0 Å². The van der Waals surface area contributed by atoms with E-state index in [0.29, 0.717) is 13.1 Å². The summed E-state index contributed by atoms with van der Waals surface area (Å²) in [4.78, 5) is 9.97. The molecule has 0 aliphatic carbocycles. The van der Waals surface area contributed by atoms with Crippen molar-refractivity contribution >= 4 is 6.47 Å². The molecule has 0 saturated carbocycles. The number of carbonyl (C=O) groups excluding carboxylic acids is 1. The Hall–Kier alpha value is -1.31. The summed E-state index contributed by atoms with van der Waals surface area (Å²) in [5, 5.41) is 0. The number of benzene rings is 1. The molecular formula is C11H14O2. The van der Waals surface area contributed by atoms with Gasteiger partial charge in [-0.2, -0.15) is 0 Å². The van der Waals surface area contributed by atoms with Crippen LogP contribution in [0, 0.1) is 0 Å². The number of ether oxygens (including phenoxy) is 1. The fraction of sp³-hybridized carbons (Fsp3) is 0.364. The SMILES string of the molecule is CCCc1cccc(COC=O)c1. The molecule has 1 aromatic carbocycles. The first kappa shape index (κ1) is 9.78. The number of hydrogen-bond donors (Lipinski definition) is 0. The molecule has 0 saturated heterocycles. The fourth-order valence-electron chi connectivity index (χ4n) is 1.29. The molecule has 1 rings (SSSR count). The Morgan fingerprint density at radius 2 is 2.15 bits per heavy atom. The Labute approximate surface area is 78.5 Å². The van der Waals surface area contributed by atoms with E-state index in [0.717, 1.165) is 18.4 Å². The summed E-state index contributed by atoms with van der Waals surface area (Å²) in [6.45, 7) is 3.00. The molecule has 0 unspecified atom stereocenters. The number of hydrogen-bond acceptors (Lipinski definition) is 2. The monoisotopic (exact) mass is 178 g/mol. The summed E-state index contributed by atoms with van der Waals surface area (Å²) in [6, 6.07) is 8.12. The van der Waals surface area contributed by atoms with Gasteiger partial charge in [-0.1, -0.05) is 37.6 Å². The molecule has 0 N–H and O–H groups in total. The van der Waals surface area contributed by atoms with E-state index >= 15 is 0 Å². The van der Waals surface area contributed by atoms with Crippen LogP contribution in [-0.2, 0) is 22.6 Å². The number of rotatable bonds is 5. The number of aryl methyl sites for hydroxylation is 1. The molecule has 1 aromatic rings. The first-order valence-corrected chi connectivity index (χ1v) is 4.50. The van der Waals surface area contributed by atoms with Gasteiger partial charge >= 0.3 is 0 Å². The Bertz CT molecular complexity index is 269. The molecule has 0 radical (unpaired) electrons. The molecule has 2 nitrogen and oxygen atoms in total. The minimum Gasteiger partial charge on any atom is -0.463 e. The number of carbonyl (C=O) groups is 1. The zero-order valence-electron chi connectivity index (χ0n) is 7.82. The molecule has 2 heteroatoms. The van der Waals surface area contributed by atoms with Gasteiger partial charge in [0.25, 0.3) is 6.47 Å². The summed E-state index contributed by atoms with van der Waals surface area (Å²) in [5.41, 5.74) is 2.35. The van der Waals surface area contributed by atoms with Crippen molar-refractivity contribution in [3.63, 3.8) is 0 Å². The van der Waals surface area contributed by atoms with E-state index in [1.165, 1.54) is 5.56 Å². The standard InChI is InChI=1S/C11H14O2/c1-2-4-10-5-3-6-11(7-10)8-13-9-12/h3,5-7,9H,2,4,8H2,1H3. The summed E-state index contributed by atoms with van der Waals surface area (Å²) in [7, 11) is 0. The average molecular weight is 178 g/mol. The van der Waals surface area contributed by atoms with Crippen molar-refractivity contribution in [1.29, 1.82) is 0 Å². The molecule has 0 aliphatic heterocycles. The normalized spacial score (nSPS) is 9.62. The molecule has 0 bridgehead atoms. The van der Waals surface area contributed by atoms with E-state index in [1.807, 2.05) is 12.1 Å². The van der Waals surface area contributed by atoms with E-state index in [1.54, 1.807) is 0 Å². The van der Waals surface area contributed by atoms with Crippen molar-refractivity contribution < 1.29 is 9.53 Å². The first-order valence-electron chi connectivity index (χ1n) is 4.50. The second kappa shape index (κ2) is 5.36. The summed E-state index contributed by atoms with van der Waals surface area (Å²) in [6.07, 6.45) is 2.22. The first-order chi connectivity index (χ1) is 6.36. The van der Waals surface area contributed by atoms with Gasteiger partial charge in [0.15, 0.2) is 0 Å². The molecule has 70 valence electrons. The highest BCUT2D eigenvalue weighted by Gasteiger charge is 1.95. The van der Waals surface area contributed by atoms with Crippen LogP contribution < -0.4 is 0 Å². The van der Waals surface area contributed by atoms with Crippen LogP contribution in [0.5, 0.6) is 0 Å². The second-order valence-corrected chi connectivity index (χ2v) is 2.98. The van der Waals surface area contributed by atoms with Crippen LogP contribution in [0.1, 0.15) is 24.5 Å². The van der Waals surface area contributed by atoms with Crippen LogP contribution in [0.2, 0.25) is 0 Å². The summed E-state index contributed by atoms with van der Waals surface area (Å²) < 4.78 is 4.67. The van der Waals surface area contributed by atoms with Crippen molar-refractivity contribution in [2.24, 2.45) is 0 Å². The van der Waals surface area contributed by atoms with Gasteiger partial charge in [0, 0.05) is 0 Å². The van der Waals surface area contributed by atoms with Gasteiger partial charge in [-0.05, 0) is 17.5 Å². The van der Waals surface area contributed by atoms with Crippen molar-refractivity contribution in [2.45, 2.75) is 26.4 Å². The van der Waals surface area contributed by atoms with Gasteiger partial charge in [0.05, 0.1) is 0 Å². The van der Waals surface area contributed by atoms with Crippen LogP contribution in [-0.4, -0.2) is 6.47 Å². The third-order valence-electron chi connectivity index (χ3n) is 1.85. The van der Waals surface area contributed by atoms with Gasteiger partial charge in [-0.3, -0.25) is 4.79 Å². The lowest BCUT2D eigenvalue weighted by atomic mass is 10.1. The van der Waals surface area contributed by atoms with E-state index in [9.17, 15) is 4.79 Å². The third kappa shape index (κ3) is 3.28. The molecule has 0 fully saturated rings. The largest absolute Gasteiger partial charge is 0.463 e. The minimum atomic E-state index is 0.376. The highest BCUT2D eigenvalue weighted by molar-refractivity contribution is 5.37.